The van der Waals surface area contributed by atoms with Crippen LogP contribution >= 0.6 is 24.0 Å². The third-order valence-electron chi connectivity index (χ3n) is 5.35. The van der Waals surface area contributed by atoms with Crippen LogP contribution in [-0.4, -0.2) is 67.0 Å². The van der Waals surface area contributed by atoms with Crippen molar-refractivity contribution in [2.75, 3.05) is 39.3 Å². The molecule has 0 atom stereocenters. The minimum Gasteiger partial charge on any atom is -0.357 e. The van der Waals surface area contributed by atoms with Crippen molar-refractivity contribution in [3.05, 3.63) is 35.9 Å². The number of guanidine groups is 1. The normalized spacial score (nSPS) is 18.6. The van der Waals surface area contributed by atoms with Crippen molar-refractivity contribution in [3.63, 3.8) is 0 Å². The van der Waals surface area contributed by atoms with Crippen LogP contribution in [0.15, 0.2) is 35.3 Å². The number of nitrogens with one attached hydrogen (secondary N) is 2. The van der Waals surface area contributed by atoms with E-state index in [1.807, 2.05) is 4.90 Å². The maximum atomic E-state index is 12.2. The predicted molar refractivity (Wildman–Crippen MR) is 125 cm³/mol. The Morgan fingerprint density at radius 1 is 1.11 bits per heavy atom. The number of carbonyl (C=O) groups is 1. The SMILES string of the molecule is CCNC(=NCC(=O)N1CCCC1)NC1CCN(Cc2ccccc2)CC1.I. The van der Waals surface area contributed by atoms with Crippen LogP contribution in [0, 0.1) is 0 Å². The first-order valence-electron chi connectivity index (χ1n) is 10.3. The fourth-order valence-corrected chi connectivity index (χ4v) is 3.80. The van der Waals surface area contributed by atoms with E-state index >= 15 is 0 Å². The van der Waals surface area contributed by atoms with Crippen molar-refractivity contribution in [1.82, 2.24) is 20.4 Å². The highest BCUT2D eigenvalue weighted by Gasteiger charge is 2.21. The van der Waals surface area contributed by atoms with Crippen LogP contribution in [-0.2, 0) is 11.3 Å². The summed E-state index contributed by atoms with van der Waals surface area (Å²) >= 11 is 0. The highest BCUT2D eigenvalue weighted by Crippen LogP contribution is 2.14. The van der Waals surface area contributed by atoms with Crippen molar-refractivity contribution >= 4 is 35.8 Å². The summed E-state index contributed by atoms with van der Waals surface area (Å²) in [6.45, 7) is 8.06. The molecule has 2 saturated heterocycles. The molecule has 0 aliphatic carbocycles. The zero-order valence-corrected chi connectivity index (χ0v) is 19.2. The Balaban J connectivity index is 0.00000280. The predicted octanol–water partition coefficient (Wildman–Crippen LogP) is 2.45. The third kappa shape index (κ3) is 7.24. The zero-order chi connectivity index (χ0) is 18.9. The van der Waals surface area contributed by atoms with Gasteiger partial charge in [-0.3, -0.25) is 9.69 Å². The average Bonchev–Trinajstić information content (AvgIpc) is 3.23. The number of carbonyl (C=O) groups excluding carboxylic acids is 1. The summed E-state index contributed by atoms with van der Waals surface area (Å²) in [7, 11) is 0. The number of rotatable bonds is 6. The van der Waals surface area contributed by atoms with Gasteiger partial charge in [-0.05, 0) is 38.2 Å². The Morgan fingerprint density at radius 2 is 1.79 bits per heavy atom. The van der Waals surface area contributed by atoms with Crippen molar-refractivity contribution < 1.29 is 4.79 Å². The van der Waals surface area contributed by atoms with E-state index in [0.29, 0.717) is 6.04 Å². The number of aliphatic imine (C=N–C) groups is 1. The highest BCUT2D eigenvalue weighted by molar-refractivity contribution is 14.0. The topological polar surface area (TPSA) is 60.0 Å². The lowest BCUT2D eigenvalue weighted by molar-refractivity contribution is -0.128. The first-order valence-corrected chi connectivity index (χ1v) is 10.3. The van der Waals surface area contributed by atoms with Gasteiger partial charge >= 0.3 is 0 Å². The molecular weight excluding hydrogens is 465 g/mol. The van der Waals surface area contributed by atoms with Gasteiger partial charge in [-0.1, -0.05) is 30.3 Å². The Morgan fingerprint density at radius 3 is 2.43 bits per heavy atom. The van der Waals surface area contributed by atoms with Crippen molar-refractivity contribution in [3.8, 4) is 0 Å². The number of likely N-dealkylation sites (tertiary alicyclic amines) is 2. The molecule has 6 nitrogen and oxygen atoms in total. The lowest BCUT2D eigenvalue weighted by Crippen LogP contribution is -2.48. The molecule has 0 spiro atoms. The van der Waals surface area contributed by atoms with Crippen LogP contribution in [0.5, 0.6) is 0 Å². The van der Waals surface area contributed by atoms with E-state index in [1.165, 1.54) is 5.56 Å². The summed E-state index contributed by atoms with van der Waals surface area (Å²) in [6, 6.07) is 11.1. The van der Waals surface area contributed by atoms with Crippen LogP contribution < -0.4 is 10.6 Å². The Labute approximate surface area is 186 Å². The van der Waals surface area contributed by atoms with E-state index < -0.39 is 0 Å². The Hall–Kier alpha value is -1.35. The number of nitrogens with zero attached hydrogens (tertiary/aromatic N) is 3. The van der Waals surface area contributed by atoms with Gasteiger partial charge in [-0.15, -0.1) is 24.0 Å². The number of benzene rings is 1. The van der Waals surface area contributed by atoms with Crippen LogP contribution in [0.2, 0.25) is 0 Å². The van der Waals surface area contributed by atoms with E-state index in [0.717, 1.165) is 70.9 Å². The minimum atomic E-state index is 0. The lowest BCUT2D eigenvalue weighted by atomic mass is 10.0. The number of amides is 1. The third-order valence-corrected chi connectivity index (χ3v) is 5.35. The largest absolute Gasteiger partial charge is 0.357 e. The molecule has 2 fully saturated rings. The van der Waals surface area contributed by atoms with Gasteiger partial charge in [0.1, 0.15) is 6.54 Å². The second kappa shape index (κ2) is 12.3. The molecule has 2 heterocycles. The highest BCUT2D eigenvalue weighted by atomic mass is 127. The summed E-state index contributed by atoms with van der Waals surface area (Å²) in [6.07, 6.45) is 4.43. The van der Waals surface area contributed by atoms with Gasteiger partial charge in [0.25, 0.3) is 0 Å². The molecule has 1 amide bonds. The maximum absolute atomic E-state index is 12.2. The lowest BCUT2D eigenvalue weighted by Gasteiger charge is -2.33. The molecule has 28 heavy (non-hydrogen) atoms. The molecule has 2 aliphatic heterocycles. The quantitative estimate of drug-likeness (QED) is 0.359. The first-order chi connectivity index (χ1) is 13.2. The molecule has 0 saturated carbocycles. The van der Waals surface area contributed by atoms with E-state index in [-0.39, 0.29) is 36.4 Å². The Bertz CT molecular complexity index is 610. The van der Waals surface area contributed by atoms with Crippen LogP contribution in [0.1, 0.15) is 38.2 Å². The molecule has 156 valence electrons. The first kappa shape index (κ1) is 22.9. The van der Waals surface area contributed by atoms with Crippen molar-refractivity contribution in [1.29, 1.82) is 0 Å². The fourth-order valence-electron chi connectivity index (χ4n) is 3.80. The van der Waals surface area contributed by atoms with Gasteiger partial charge in [0.2, 0.25) is 5.91 Å². The van der Waals surface area contributed by atoms with E-state index in [4.69, 9.17) is 0 Å². The van der Waals surface area contributed by atoms with Gasteiger partial charge in [0.15, 0.2) is 5.96 Å². The van der Waals surface area contributed by atoms with Crippen LogP contribution in [0.3, 0.4) is 0 Å². The maximum Gasteiger partial charge on any atom is 0.244 e. The summed E-state index contributed by atoms with van der Waals surface area (Å²) in [5.41, 5.74) is 1.37. The number of piperidine rings is 1. The molecule has 0 unspecified atom stereocenters. The summed E-state index contributed by atoms with van der Waals surface area (Å²) < 4.78 is 0. The van der Waals surface area contributed by atoms with Gasteiger partial charge < -0.3 is 15.5 Å². The van der Waals surface area contributed by atoms with Crippen molar-refractivity contribution in [2.24, 2.45) is 4.99 Å². The number of hydrogen-bond donors (Lipinski definition) is 2. The second-order valence-corrected chi connectivity index (χ2v) is 7.46. The summed E-state index contributed by atoms with van der Waals surface area (Å²) in [5, 5.41) is 6.81. The van der Waals surface area contributed by atoms with Gasteiger partial charge in [0, 0.05) is 45.3 Å². The molecule has 7 heteroatoms. The standard InChI is InChI=1S/C21H33N5O.HI/c1-2-22-21(23-16-20(27)26-12-6-7-13-26)24-19-10-14-25(15-11-19)17-18-8-4-3-5-9-18;/h3-5,8-9,19H,2,6-7,10-17H2,1H3,(H2,22,23,24);1H. The fraction of sp³-hybridized carbons (Fsp3) is 0.619. The summed E-state index contributed by atoms with van der Waals surface area (Å²) in [4.78, 5) is 21.2. The second-order valence-electron chi connectivity index (χ2n) is 7.46. The molecule has 0 radical (unpaired) electrons. The smallest absolute Gasteiger partial charge is 0.244 e. The summed E-state index contributed by atoms with van der Waals surface area (Å²) in [5.74, 6) is 0.911. The molecule has 0 bridgehead atoms. The van der Waals surface area contributed by atoms with Gasteiger partial charge in [-0.2, -0.15) is 0 Å². The monoisotopic (exact) mass is 499 g/mol. The molecule has 1 aromatic rings. The molecule has 2 aliphatic rings. The van der Waals surface area contributed by atoms with Gasteiger partial charge in [0.05, 0.1) is 0 Å². The van der Waals surface area contributed by atoms with Crippen molar-refractivity contribution in [2.45, 2.75) is 45.2 Å². The van der Waals surface area contributed by atoms with E-state index in [2.05, 4.69) is 57.8 Å². The van der Waals surface area contributed by atoms with E-state index in [1.54, 1.807) is 0 Å². The molecular formula is C21H34IN5O. The molecule has 2 N–H and O–H groups in total. The van der Waals surface area contributed by atoms with E-state index in [9.17, 15) is 4.79 Å². The van der Waals surface area contributed by atoms with Gasteiger partial charge in [-0.25, -0.2) is 4.99 Å². The van der Waals surface area contributed by atoms with Crippen LogP contribution in [0.4, 0.5) is 0 Å². The molecule has 0 aromatic heterocycles. The Kier molecular flexibility index (Phi) is 10.0. The van der Waals surface area contributed by atoms with Crippen LogP contribution in [0.25, 0.3) is 0 Å². The molecule has 3 rings (SSSR count). The average molecular weight is 499 g/mol. The minimum absolute atomic E-state index is 0. The number of halogens is 1. The molecule has 1 aromatic carbocycles. The number of hydrogen-bond acceptors (Lipinski definition) is 3. The zero-order valence-electron chi connectivity index (χ0n) is 16.9.